The molecule has 148 valence electrons. The topological polar surface area (TPSA) is 44.5 Å². The van der Waals surface area contributed by atoms with E-state index in [1.807, 2.05) is 12.1 Å². The molecule has 0 spiro atoms. The summed E-state index contributed by atoms with van der Waals surface area (Å²) in [7, 11) is -1.67. The van der Waals surface area contributed by atoms with Crippen LogP contribution in [0.1, 0.15) is 43.9 Å². The van der Waals surface area contributed by atoms with Crippen molar-refractivity contribution in [3.63, 3.8) is 0 Å². The lowest BCUT2D eigenvalue weighted by molar-refractivity contribution is 0.233. The predicted molar refractivity (Wildman–Crippen MR) is 118 cm³/mol. The minimum atomic E-state index is -1.67. The van der Waals surface area contributed by atoms with Gasteiger partial charge in [0.05, 0.1) is 6.61 Å². The number of nitrogen functional groups attached to an aromatic ring is 1. The number of rotatable bonds is 8. The van der Waals surface area contributed by atoms with Gasteiger partial charge < -0.3 is 14.9 Å². The highest BCUT2D eigenvalue weighted by Gasteiger charge is 2.36. The summed E-state index contributed by atoms with van der Waals surface area (Å²) in [4.78, 5) is 0. The number of benzene rings is 2. The quantitative estimate of drug-likeness (QED) is 0.346. The van der Waals surface area contributed by atoms with Crippen LogP contribution in [0.2, 0.25) is 18.1 Å². The Morgan fingerprint density at radius 3 is 2.26 bits per heavy atom. The molecule has 0 radical (unpaired) electrons. The van der Waals surface area contributed by atoms with E-state index in [-0.39, 0.29) is 5.04 Å². The normalized spacial score (nSPS) is 12.2. The van der Waals surface area contributed by atoms with Crippen LogP contribution in [-0.4, -0.2) is 21.5 Å². The molecule has 0 bridgehead atoms. The summed E-state index contributed by atoms with van der Waals surface area (Å²) in [6, 6.07) is 14.5. The lowest BCUT2D eigenvalue weighted by Crippen LogP contribution is -2.41. The van der Waals surface area contributed by atoms with Crippen LogP contribution in [0.5, 0.6) is 5.75 Å². The van der Waals surface area contributed by atoms with E-state index in [2.05, 4.69) is 71.1 Å². The summed E-state index contributed by atoms with van der Waals surface area (Å²) in [6.07, 6.45) is 1.71. The zero-order valence-electron chi connectivity index (χ0n) is 17.8. The Bertz CT molecular complexity index is 733. The molecule has 0 amide bonds. The van der Waals surface area contributed by atoms with Crippen molar-refractivity contribution < 1.29 is 9.16 Å². The van der Waals surface area contributed by atoms with E-state index in [1.54, 1.807) is 0 Å². The Labute approximate surface area is 166 Å². The van der Waals surface area contributed by atoms with Crippen LogP contribution in [0, 0.1) is 6.92 Å². The summed E-state index contributed by atoms with van der Waals surface area (Å²) < 4.78 is 12.1. The van der Waals surface area contributed by atoms with Crippen LogP contribution < -0.4 is 10.5 Å². The van der Waals surface area contributed by atoms with Gasteiger partial charge in [-0.1, -0.05) is 50.6 Å². The maximum atomic E-state index is 6.20. The Morgan fingerprint density at radius 1 is 0.963 bits per heavy atom. The Kier molecular flexibility index (Phi) is 7.12. The van der Waals surface area contributed by atoms with E-state index in [9.17, 15) is 0 Å². The first kappa shape index (κ1) is 21.5. The van der Waals surface area contributed by atoms with Gasteiger partial charge in [-0.3, -0.25) is 0 Å². The number of nitrogens with two attached hydrogens (primary N) is 1. The third kappa shape index (κ3) is 6.40. The van der Waals surface area contributed by atoms with Crippen molar-refractivity contribution in [2.75, 3.05) is 18.9 Å². The van der Waals surface area contributed by atoms with Crippen molar-refractivity contribution in [1.82, 2.24) is 0 Å². The molecule has 2 N–H and O–H groups in total. The molecule has 2 rings (SSSR count). The molecular weight excluding hydrogens is 350 g/mol. The van der Waals surface area contributed by atoms with Crippen LogP contribution in [-0.2, 0) is 10.8 Å². The molecule has 4 heteroatoms. The summed E-state index contributed by atoms with van der Waals surface area (Å²) in [5.41, 5.74) is 10.6. The molecule has 0 aliphatic carbocycles. The van der Waals surface area contributed by atoms with Crippen molar-refractivity contribution in [3.05, 3.63) is 59.2 Å². The first-order chi connectivity index (χ1) is 12.6. The predicted octanol–water partition coefficient (Wildman–Crippen LogP) is 5.96. The van der Waals surface area contributed by atoms with Crippen molar-refractivity contribution in [2.24, 2.45) is 0 Å². The van der Waals surface area contributed by atoms with Crippen LogP contribution >= 0.6 is 0 Å². The molecule has 2 aromatic rings. The Balaban J connectivity index is 1.86. The van der Waals surface area contributed by atoms with Gasteiger partial charge in [0, 0.05) is 18.7 Å². The van der Waals surface area contributed by atoms with Crippen LogP contribution in [0.3, 0.4) is 0 Å². The average Bonchev–Trinajstić information content (AvgIpc) is 2.58. The number of aryl methyl sites for hydroxylation is 1. The SMILES string of the molecule is Cc1ccc(Cc2cc(OCCCO[Si](C)(C)C(C)(C)C)ccc2N)cc1. The largest absolute Gasteiger partial charge is 0.493 e. The van der Waals surface area contributed by atoms with Gasteiger partial charge in [-0.15, -0.1) is 0 Å². The van der Waals surface area contributed by atoms with Gasteiger partial charge in [-0.25, -0.2) is 0 Å². The molecule has 0 heterocycles. The highest BCUT2D eigenvalue weighted by molar-refractivity contribution is 6.74. The molecule has 0 aliphatic heterocycles. The standard InChI is InChI=1S/C23H35NO2Si/c1-18-8-10-19(11-9-18)16-20-17-21(12-13-22(20)24)25-14-7-15-26-27(5,6)23(2,3)4/h8-13,17H,7,14-16,24H2,1-6H3. The van der Waals surface area contributed by atoms with Gasteiger partial charge in [-0.05, 0) is 60.8 Å². The highest BCUT2D eigenvalue weighted by atomic mass is 28.4. The summed E-state index contributed by atoms with van der Waals surface area (Å²) >= 11 is 0. The molecule has 27 heavy (non-hydrogen) atoms. The van der Waals surface area contributed by atoms with Crippen LogP contribution in [0.4, 0.5) is 5.69 Å². The first-order valence-corrected chi connectivity index (χ1v) is 12.7. The Morgan fingerprint density at radius 2 is 1.63 bits per heavy atom. The lowest BCUT2D eigenvalue weighted by atomic mass is 10.0. The van der Waals surface area contributed by atoms with Crippen LogP contribution in [0.15, 0.2) is 42.5 Å². The van der Waals surface area contributed by atoms with Gasteiger partial charge >= 0.3 is 0 Å². The van der Waals surface area contributed by atoms with Crippen molar-refractivity contribution >= 4 is 14.0 Å². The van der Waals surface area contributed by atoms with Gasteiger partial charge in [-0.2, -0.15) is 0 Å². The van der Waals surface area contributed by atoms with Gasteiger partial charge in [0.15, 0.2) is 8.32 Å². The third-order valence-corrected chi connectivity index (χ3v) is 9.99. The van der Waals surface area contributed by atoms with E-state index < -0.39 is 8.32 Å². The summed E-state index contributed by atoms with van der Waals surface area (Å²) in [5.74, 6) is 0.874. The second-order valence-corrected chi connectivity index (χ2v) is 13.6. The zero-order valence-corrected chi connectivity index (χ0v) is 18.8. The molecule has 0 aromatic heterocycles. The first-order valence-electron chi connectivity index (χ1n) is 9.79. The fourth-order valence-electron chi connectivity index (χ4n) is 2.54. The van der Waals surface area contributed by atoms with Crippen LogP contribution in [0.25, 0.3) is 0 Å². The fourth-order valence-corrected chi connectivity index (χ4v) is 3.63. The number of anilines is 1. The van der Waals surface area contributed by atoms with E-state index in [1.165, 1.54) is 11.1 Å². The zero-order chi connectivity index (χ0) is 20.1. The monoisotopic (exact) mass is 385 g/mol. The van der Waals surface area contributed by atoms with Crippen molar-refractivity contribution in [1.29, 1.82) is 0 Å². The minimum Gasteiger partial charge on any atom is -0.493 e. The maximum absolute atomic E-state index is 6.20. The third-order valence-electron chi connectivity index (χ3n) is 5.46. The molecule has 2 aromatic carbocycles. The van der Waals surface area contributed by atoms with Gasteiger partial charge in [0.1, 0.15) is 5.75 Å². The smallest absolute Gasteiger partial charge is 0.191 e. The van der Waals surface area contributed by atoms with E-state index in [4.69, 9.17) is 14.9 Å². The second-order valence-electron chi connectivity index (χ2n) is 8.83. The van der Waals surface area contributed by atoms with E-state index in [0.717, 1.165) is 36.4 Å². The van der Waals surface area contributed by atoms with E-state index in [0.29, 0.717) is 6.61 Å². The summed E-state index contributed by atoms with van der Waals surface area (Å²) in [6.45, 7) is 14.9. The number of hydrogen-bond donors (Lipinski definition) is 1. The molecule has 0 saturated heterocycles. The average molecular weight is 386 g/mol. The molecular formula is C23H35NO2Si. The summed E-state index contributed by atoms with van der Waals surface area (Å²) in [5, 5.41) is 0.246. The molecule has 0 aliphatic rings. The van der Waals surface area contributed by atoms with Gasteiger partial charge in [0.25, 0.3) is 0 Å². The molecule has 0 saturated carbocycles. The molecule has 0 unspecified atom stereocenters. The lowest BCUT2D eigenvalue weighted by Gasteiger charge is -2.36. The number of hydrogen-bond acceptors (Lipinski definition) is 3. The fraction of sp³-hybridized carbons (Fsp3) is 0.478. The van der Waals surface area contributed by atoms with Crippen molar-refractivity contribution in [2.45, 2.75) is 58.7 Å². The molecule has 3 nitrogen and oxygen atoms in total. The maximum Gasteiger partial charge on any atom is 0.191 e. The minimum absolute atomic E-state index is 0.246. The molecule has 0 atom stereocenters. The highest BCUT2D eigenvalue weighted by Crippen LogP contribution is 2.36. The van der Waals surface area contributed by atoms with Gasteiger partial charge in [0.2, 0.25) is 0 Å². The number of ether oxygens (including phenoxy) is 1. The second kappa shape index (κ2) is 8.94. The van der Waals surface area contributed by atoms with E-state index >= 15 is 0 Å². The molecule has 0 fully saturated rings. The Hall–Kier alpha value is -1.78. The van der Waals surface area contributed by atoms with Crippen molar-refractivity contribution in [3.8, 4) is 5.75 Å².